The second kappa shape index (κ2) is 6.99. The predicted octanol–water partition coefficient (Wildman–Crippen LogP) is 0.112. The number of nitrogens with one attached hydrogen (secondary N) is 2. The average molecular weight is 310 g/mol. The van der Waals surface area contributed by atoms with Gasteiger partial charge in [0.2, 0.25) is 0 Å². The van der Waals surface area contributed by atoms with E-state index in [0.29, 0.717) is 0 Å². The van der Waals surface area contributed by atoms with Gasteiger partial charge >= 0.3 is 0 Å². The molecule has 0 spiro atoms. The lowest BCUT2D eigenvalue weighted by Crippen LogP contribution is -3.22. The van der Waals surface area contributed by atoms with E-state index < -0.39 is 0 Å². The summed E-state index contributed by atoms with van der Waals surface area (Å²) in [4.78, 5) is 6.12. The first-order valence-corrected chi connectivity index (χ1v) is 8.82. The van der Waals surface area contributed by atoms with Crippen molar-refractivity contribution in [2.45, 2.75) is 25.8 Å². The minimum atomic E-state index is 0.845. The molecule has 0 unspecified atom stereocenters. The van der Waals surface area contributed by atoms with Gasteiger partial charge in [0.05, 0.1) is 51.9 Å². The largest absolute Gasteiger partial charge is 0.360 e. The van der Waals surface area contributed by atoms with Crippen molar-refractivity contribution in [3.63, 3.8) is 0 Å². The van der Waals surface area contributed by atoms with E-state index in [1.54, 1.807) is 4.90 Å². The number of rotatable bonds is 3. The highest BCUT2D eigenvalue weighted by Gasteiger charge is 2.31. The summed E-state index contributed by atoms with van der Waals surface area (Å²) in [6.07, 6.45) is 2.82. The van der Waals surface area contributed by atoms with Crippen molar-refractivity contribution in [1.29, 1.82) is 0 Å². The summed E-state index contributed by atoms with van der Waals surface area (Å²) in [5, 5.41) is 0.845. The van der Waals surface area contributed by atoms with Gasteiger partial charge in [0.1, 0.15) is 0 Å². The minimum absolute atomic E-state index is 0.845. The van der Waals surface area contributed by atoms with Crippen molar-refractivity contribution in [3.8, 4) is 0 Å². The van der Waals surface area contributed by atoms with E-state index in [0.717, 1.165) is 24.2 Å². The number of piperazine rings is 1. The van der Waals surface area contributed by atoms with Crippen LogP contribution in [0.5, 0.6) is 0 Å². The first-order chi connectivity index (χ1) is 10.3. The molecule has 0 aliphatic carbocycles. The van der Waals surface area contributed by atoms with Crippen molar-refractivity contribution in [2.75, 3.05) is 50.7 Å². The molecule has 4 heteroatoms. The third-order valence-electron chi connectivity index (χ3n) is 5.35. The average Bonchev–Trinajstić information content (AvgIpc) is 2.55. The zero-order valence-electron chi connectivity index (χ0n) is 13.1. The number of halogens is 1. The van der Waals surface area contributed by atoms with Gasteiger partial charge < -0.3 is 14.7 Å². The van der Waals surface area contributed by atoms with Gasteiger partial charge in [-0.15, -0.1) is 0 Å². The molecule has 2 fully saturated rings. The molecule has 2 heterocycles. The quantitative estimate of drug-likeness (QED) is 0.808. The van der Waals surface area contributed by atoms with E-state index in [2.05, 4.69) is 30.0 Å². The lowest BCUT2D eigenvalue weighted by Gasteiger charge is -2.39. The number of piperidine rings is 1. The van der Waals surface area contributed by atoms with Crippen LogP contribution in [-0.4, -0.2) is 51.9 Å². The lowest BCUT2D eigenvalue weighted by molar-refractivity contribution is -0.957. The van der Waals surface area contributed by atoms with Crippen molar-refractivity contribution in [2.24, 2.45) is 0 Å². The first-order valence-electron chi connectivity index (χ1n) is 8.45. The highest BCUT2D eigenvalue weighted by atomic mass is 35.5. The molecule has 2 aliphatic rings. The van der Waals surface area contributed by atoms with Gasteiger partial charge in [-0.3, -0.25) is 0 Å². The van der Waals surface area contributed by atoms with Crippen LogP contribution in [0, 0.1) is 0 Å². The summed E-state index contributed by atoms with van der Waals surface area (Å²) in [7, 11) is 0. The van der Waals surface area contributed by atoms with Crippen LogP contribution >= 0.6 is 11.6 Å². The second-order valence-electron chi connectivity index (χ2n) is 6.50. The maximum atomic E-state index is 6.11. The standard InChI is InChI=1S/C17H26ClN3/c1-2-19-8-6-16(7-9-19)20-10-12-21(13-11-20)17-5-3-4-15(18)14-17/h3-5,14,16H,2,6-13H2,1H3/p+2. The van der Waals surface area contributed by atoms with Crippen LogP contribution in [0.25, 0.3) is 0 Å². The van der Waals surface area contributed by atoms with E-state index in [1.807, 2.05) is 11.0 Å². The number of hydrogen-bond acceptors (Lipinski definition) is 1. The van der Waals surface area contributed by atoms with Crippen LogP contribution in [0.15, 0.2) is 24.3 Å². The maximum Gasteiger partial charge on any atom is 0.0984 e. The molecular weight excluding hydrogens is 282 g/mol. The first kappa shape index (κ1) is 15.1. The number of nitrogens with zero attached hydrogens (tertiary/aromatic N) is 1. The van der Waals surface area contributed by atoms with Crippen LogP contribution < -0.4 is 14.7 Å². The Morgan fingerprint density at radius 3 is 2.48 bits per heavy atom. The zero-order chi connectivity index (χ0) is 14.7. The molecule has 0 bridgehead atoms. The summed E-state index contributed by atoms with van der Waals surface area (Å²) >= 11 is 6.11. The van der Waals surface area contributed by atoms with E-state index in [4.69, 9.17) is 11.6 Å². The molecule has 0 radical (unpaired) electrons. The monoisotopic (exact) mass is 309 g/mol. The number of hydrogen-bond donors (Lipinski definition) is 2. The highest BCUT2D eigenvalue weighted by molar-refractivity contribution is 6.30. The summed E-state index contributed by atoms with van der Waals surface area (Å²) < 4.78 is 0. The number of anilines is 1. The highest BCUT2D eigenvalue weighted by Crippen LogP contribution is 2.19. The van der Waals surface area contributed by atoms with Gasteiger partial charge in [-0.05, 0) is 25.1 Å². The molecule has 21 heavy (non-hydrogen) atoms. The fraction of sp³-hybridized carbons (Fsp3) is 0.647. The second-order valence-corrected chi connectivity index (χ2v) is 6.94. The molecule has 2 aliphatic heterocycles. The van der Waals surface area contributed by atoms with Crippen molar-refractivity contribution < 1.29 is 9.80 Å². The molecule has 3 rings (SSSR count). The maximum absolute atomic E-state index is 6.11. The number of likely N-dealkylation sites (tertiary alicyclic amines) is 1. The van der Waals surface area contributed by atoms with Crippen LogP contribution in [0.1, 0.15) is 19.8 Å². The Bertz CT molecular complexity index is 449. The smallest absolute Gasteiger partial charge is 0.0984 e. The third-order valence-corrected chi connectivity index (χ3v) is 5.58. The molecule has 0 atom stereocenters. The SMILES string of the molecule is CC[NH+]1CCC([NH+]2CCN(c3cccc(Cl)c3)CC2)CC1. The fourth-order valence-corrected chi connectivity index (χ4v) is 4.11. The Labute approximate surface area is 133 Å². The van der Waals surface area contributed by atoms with E-state index in [1.165, 1.54) is 51.3 Å². The Morgan fingerprint density at radius 1 is 1.14 bits per heavy atom. The van der Waals surface area contributed by atoms with E-state index >= 15 is 0 Å². The summed E-state index contributed by atoms with van der Waals surface area (Å²) in [5.74, 6) is 0. The fourth-order valence-electron chi connectivity index (χ4n) is 3.92. The van der Waals surface area contributed by atoms with E-state index in [-0.39, 0.29) is 0 Å². The summed E-state index contributed by atoms with van der Waals surface area (Å²) in [6.45, 7) is 11.2. The van der Waals surface area contributed by atoms with Gasteiger partial charge in [-0.25, -0.2) is 0 Å². The van der Waals surface area contributed by atoms with Crippen molar-refractivity contribution >= 4 is 17.3 Å². The molecule has 1 aromatic rings. The molecular formula is C17H28ClN3+2. The predicted molar refractivity (Wildman–Crippen MR) is 88.6 cm³/mol. The molecule has 3 nitrogen and oxygen atoms in total. The van der Waals surface area contributed by atoms with Crippen molar-refractivity contribution in [1.82, 2.24) is 0 Å². The summed E-state index contributed by atoms with van der Waals surface area (Å²) in [6, 6.07) is 9.19. The van der Waals surface area contributed by atoms with Gasteiger partial charge in [0.25, 0.3) is 0 Å². The van der Waals surface area contributed by atoms with E-state index in [9.17, 15) is 0 Å². The number of benzene rings is 1. The van der Waals surface area contributed by atoms with Gasteiger partial charge in [0.15, 0.2) is 0 Å². The Kier molecular flexibility index (Phi) is 5.04. The summed E-state index contributed by atoms with van der Waals surface area (Å²) in [5.41, 5.74) is 1.28. The Hall–Kier alpha value is -0.770. The molecule has 1 aromatic carbocycles. The lowest BCUT2D eigenvalue weighted by atomic mass is 10.0. The Morgan fingerprint density at radius 2 is 1.86 bits per heavy atom. The van der Waals surface area contributed by atoms with Gasteiger partial charge in [-0.1, -0.05) is 17.7 Å². The zero-order valence-corrected chi connectivity index (χ0v) is 13.8. The Balaban J connectivity index is 1.51. The molecule has 0 saturated carbocycles. The number of quaternary nitrogens is 2. The van der Waals surface area contributed by atoms with Crippen LogP contribution in [0.4, 0.5) is 5.69 Å². The van der Waals surface area contributed by atoms with Gasteiger partial charge in [-0.2, -0.15) is 0 Å². The van der Waals surface area contributed by atoms with Crippen LogP contribution in [-0.2, 0) is 0 Å². The minimum Gasteiger partial charge on any atom is -0.360 e. The van der Waals surface area contributed by atoms with Gasteiger partial charge in [0, 0.05) is 23.6 Å². The van der Waals surface area contributed by atoms with Crippen molar-refractivity contribution in [3.05, 3.63) is 29.3 Å². The molecule has 0 aromatic heterocycles. The molecule has 2 saturated heterocycles. The van der Waals surface area contributed by atoms with Crippen LogP contribution in [0.2, 0.25) is 5.02 Å². The normalized spacial score (nSPS) is 27.8. The third kappa shape index (κ3) is 3.71. The molecule has 0 amide bonds. The molecule has 116 valence electrons. The topological polar surface area (TPSA) is 12.1 Å². The van der Waals surface area contributed by atoms with Crippen LogP contribution in [0.3, 0.4) is 0 Å². The molecule has 2 N–H and O–H groups in total.